The van der Waals surface area contributed by atoms with Crippen LogP contribution in [0.3, 0.4) is 0 Å². The summed E-state index contributed by atoms with van der Waals surface area (Å²) >= 11 is 0. The fraction of sp³-hybridized carbons (Fsp3) is 1.00. The summed E-state index contributed by atoms with van der Waals surface area (Å²) in [6.07, 6.45) is 7.58. The van der Waals surface area contributed by atoms with Gasteiger partial charge in [0.15, 0.2) is 0 Å². The monoisotopic (exact) mass is 225 g/mol. The van der Waals surface area contributed by atoms with E-state index >= 15 is 0 Å². The van der Waals surface area contributed by atoms with Gasteiger partial charge in [-0.2, -0.15) is 0 Å². The number of nitrogens with two attached hydrogens (primary N) is 1. The molecule has 2 heteroatoms. The van der Waals surface area contributed by atoms with Crippen molar-refractivity contribution in [2.24, 2.45) is 23.5 Å². The summed E-state index contributed by atoms with van der Waals surface area (Å²) < 4.78 is 5.92. The summed E-state index contributed by atoms with van der Waals surface area (Å²) in [5.41, 5.74) is 6.52. The molecule has 0 spiro atoms. The Bertz CT molecular complexity index is 225. The van der Waals surface area contributed by atoms with Crippen LogP contribution < -0.4 is 5.73 Å². The molecule has 16 heavy (non-hydrogen) atoms. The van der Waals surface area contributed by atoms with Gasteiger partial charge in [-0.15, -0.1) is 0 Å². The highest BCUT2D eigenvalue weighted by atomic mass is 16.5. The smallest absolute Gasteiger partial charge is 0.0597 e. The molecule has 1 aliphatic heterocycles. The van der Waals surface area contributed by atoms with Crippen molar-refractivity contribution in [2.75, 3.05) is 0 Å². The minimum atomic E-state index is 0.349. The van der Waals surface area contributed by atoms with E-state index in [-0.39, 0.29) is 0 Å². The van der Waals surface area contributed by atoms with Gasteiger partial charge < -0.3 is 10.5 Å². The summed E-state index contributed by atoms with van der Waals surface area (Å²) in [6, 6.07) is 0.357. The van der Waals surface area contributed by atoms with E-state index in [4.69, 9.17) is 10.5 Å². The van der Waals surface area contributed by atoms with E-state index in [2.05, 4.69) is 20.8 Å². The molecule has 2 aliphatic rings. The van der Waals surface area contributed by atoms with E-state index in [1.54, 1.807) is 0 Å². The molecule has 0 aromatic rings. The largest absolute Gasteiger partial charge is 0.375 e. The number of rotatable bonds is 2. The van der Waals surface area contributed by atoms with Gasteiger partial charge in [0.2, 0.25) is 0 Å². The molecule has 1 heterocycles. The molecule has 5 atom stereocenters. The predicted octanol–water partition coefficient (Wildman–Crippen LogP) is 2.95. The molecule has 1 saturated heterocycles. The predicted molar refractivity (Wildman–Crippen MR) is 67.2 cm³/mol. The molecule has 2 rings (SSSR count). The molecule has 2 N–H and O–H groups in total. The molecule has 0 aromatic carbocycles. The van der Waals surface area contributed by atoms with Crippen molar-refractivity contribution in [1.29, 1.82) is 0 Å². The lowest BCUT2D eigenvalue weighted by atomic mass is 9.73. The highest BCUT2D eigenvalue weighted by Gasteiger charge is 2.42. The minimum absolute atomic E-state index is 0.349. The first-order valence-corrected chi connectivity index (χ1v) is 7.02. The standard InChI is InChI=1S/C14H27NO/c1-9-10(2)16-11(3)13(9)14(15)12-7-5-4-6-8-12/h9-14H,4-8,15H2,1-3H3. The number of ether oxygens (including phenoxy) is 1. The van der Waals surface area contributed by atoms with Crippen LogP contribution in [0.15, 0.2) is 0 Å². The van der Waals surface area contributed by atoms with E-state index in [0.717, 1.165) is 5.92 Å². The lowest BCUT2D eigenvalue weighted by Crippen LogP contribution is -2.43. The summed E-state index contributed by atoms with van der Waals surface area (Å²) in [6.45, 7) is 6.70. The third-order valence-corrected chi connectivity index (χ3v) is 4.96. The van der Waals surface area contributed by atoms with Gasteiger partial charge in [-0.3, -0.25) is 0 Å². The van der Waals surface area contributed by atoms with Crippen molar-refractivity contribution in [3.8, 4) is 0 Å². The molecule has 5 unspecified atom stereocenters. The van der Waals surface area contributed by atoms with Crippen LogP contribution in [0.1, 0.15) is 52.9 Å². The molecule has 0 amide bonds. The molecule has 1 saturated carbocycles. The highest BCUT2D eigenvalue weighted by molar-refractivity contribution is 4.93. The second-order valence-electron chi connectivity index (χ2n) is 5.96. The van der Waals surface area contributed by atoms with Crippen molar-refractivity contribution in [2.45, 2.75) is 71.1 Å². The first kappa shape index (κ1) is 12.4. The maximum Gasteiger partial charge on any atom is 0.0597 e. The summed E-state index contributed by atoms with van der Waals surface area (Å²) in [5, 5.41) is 0. The lowest BCUT2D eigenvalue weighted by molar-refractivity contribution is 0.0456. The van der Waals surface area contributed by atoms with Gasteiger partial charge in [0, 0.05) is 12.0 Å². The quantitative estimate of drug-likeness (QED) is 0.784. The molecule has 0 aromatic heterocycles. The zero-order valence-corrected chi connectivity index (χ0v) is 11.0. The Balaban J connectivity index is 1.99. The molecule has 2 nitrogen and oxygen atoms in total. The van der Waals surface area contributed by atoms with Gasteiger partial charge in [0.25, 0.3) is 0 Å². The zero-order chi connectivity index (χ0) is 11.7. The van der Waals surface area contributed by atoms with Gasteiger partial charge in [-0.1, -0.05) is 26.2 Å². The first-order valence-electron chi connectivity index (χ1n) is 7.02. The van der Waals surface area contributed by atoms with Gasteiger partial charge in [0.1, 0.15) is 0 Å². The van der Waals surface area contributed by atoms with Crippen molar-refractivity contribution in [3.63, 3.8) is 0 Å². The Hall–Kier alpha value is -0.0800. The van der Waals surface area contributed by atoms with Gasteiger partial charge in [0.05, 0.1) is 12.2 Å². The maximum atomic E-state index is 6.52. The average Bonchev–Trinajstić information content (AvgIpc) is 2.54. The van der Waals surface area contributed by atoms with Crippen molar-refractivity contribution >= 4 is 0 Å². The second kappa shape index (κ2) is 5.05. The van der Waals surface area contributed by atoms with Crippen LogP contribution >= 0.6 is 0 Å². The van der Waals surface area contributed by atoms with Crippen LogP contribution in [0.4, 0.5) is 0 Å². The molecule has 94 valence electrons. The molecule has 2 fully saturated rings. The van der Waals surface area contributed by atoms with Crippen molar-refractivity contribution in [1.82, 2.24) is 0 Å². The Labute approximate surface area is 99.9 Å². The van der Waals surface area contributed by atoms with E-state index in [1.807, 2.05) is 0 Å². The molecule has 0 bridgehead atoms. The van der Waals surface area contributed by atoms with Crippen LogP contribution in [-0.2, 0) is 4.74 Å². The number of hydrogen-bond donors (Lipinski definition) is 1. The number of hydrogen-bond acceptors (Lipinski definition) is 2. The van der Waals surface area contributed by atoms with Gasteiger partial charge >= 0.3 is 0 Å². The summed E-state index contributed by atoms with van der Waals surface area (Å²) in [5.74, 6) is 1.93. The topological polar surface area (TPSA) is 35.2 Å². The van der Waals surface area contributed by atoms with Crippen LogP contribution in [-0.4, -0.2) is 18.2 Å². The highest BCUT2D eigenvalue weighted by Crippen LogP contribution is 2.39. The minimum Gasteiger partial charge on any atom is -0.375 e. The van der Waals surface area contributed by atoms with Gasteiger partial charge in [-0.25, -0.2) is 0 Å². The average molecular weight is 225 g/mol. The third-order valence-electron chi connectivity index (χ3n) is 4.96. The molecular weight excluding hydrogens is 198 g/mol. The summed E-state index contributed by atoms with van der Waals surface area (Å²) in [7, 11) is 0. The normalized spacial score (nSPS) is 43.5. The second-order valence-corrected chi connectivity index (χ2v) is 5.96. The van der Waals surface area contributed by atoms with Crippen LogP contribution in [0.5, 0.6) is 0 Å². The van der Waals surface area contributed by atoms with E-state index in [9.17, 15) is 0 Å². The van der Waals surface area contributed by atoms with E-state index in [0.29, 0.717) is 30.1 Å². The zero-order valence-electron chi connectivity index (χ0n) is 11.0. The Morgan fingerprint density at radius 2 is 1.62 bits per heavy atom. The van der Waals surface area contributed by atoms with Gasteiger partial charge in [-0.05, 0) is 38.5 Å². The van der Waals surface area contributed by atoms with Crippen molar-refractivity contribution in [3.05, 3.63) is 0 Å². The molecule has 0 radical (unpaired) electrons. The lowest BCUT2D eigenvalue weighted by Gasteiger charge is -2.34. The van der Waals surface area contributed by atoms with Crippen LogP contribution in [0.2, 0.25) is 0 Å². The molecule has 1 aliphatic carbocycles. The first-order chi connectivity index (χ1) is 7.61. The summed E-state index contributed by atoms with van der Waals surface area (Å²) in [4.78, 5) is 0. The maximum absolute atomic E-state index is 6.52. The van der Waals surface area contributed by atoms with E-state index in [1.165, 1.54) is 32.1 Å². The van der Waals surface area contributed by atoms with Crippen molar-refractivity contribution < 1.29 is 4.74 Å². The van der Waals surface area contributed by atoms with Crippen LogP contribution in [0, 0.1) is 17.8 Å². The Kier molecular flexibility index (Phi) is 3.91. The SMILES string of the molecule is CC1OC(C)C(C(N)C2CCCCC2)C1C. The van der Waals surface area contributed by atoms with Crippen LogP contribution in [0.25, 0.3) is 0 Å². The Morgan fingerprint density at radius 3 is 2.12 bits per heavy atom. The molecular formula is C14H27NO. The fourth-order valence-electron chi connectivity index (χ4n) is 3.79. The van der Waals surface area contributed by atoms with E-state index < -0.39 is 0 Å². The Morgan fingerprint density at radius 1 is 1.00 bits per heavy atom. The fourth-order valence-corrected chi connectivity index (χ4v) is 3.79. The third kappa shape index (κ3) is 2.28.